The van der Waals surface area contributed by atoms with Crippen LogP contribution in [0.2, 0.25) is 5.02 Å². The Hall–Kier alpha value is -0.500. The molecule has 2 aromatic rings. The Morgan fingerprint density at radius 1 is 1.06 bits per heavy atom. The van der Waals surface area contributed by atoms with Crippen LogP contribution < -0.4 is 0 Å². The van der Waals surface area contributed by atoms with E-state index in [0.717, 1.165) is 16.1 Å². The van der Waals surface area contributed by atoms with Crippen LogP contribution in [0.4, 0.5) is 0 Å². The van der Waals surface area contributed by atoms with Crippen LogP contribution in [-0.2, 0) is 0 Å². The van der Waals surface area contributed by atoms with Crippen molar-refractivity contribution in [2.24, 2.45) is 0 Å². The van der Waals surface area contributed by atoms with Gasteiger partial charge >= 0.3 is 0 Å². The van der Waals surface area contributed by atoms with Crippen LogP contribution in [-0.4, -0.2) is 0 Å². The summed E-state index contributed by atoms with van der Waals surface area (Å²) in [6, 6.07) is 8.06. The van der Waals surface area contributed by atoms with Gasteiger partial charge in [0.1, 0.15) is 0 Å². The van der Waals surface area contributed by atoms with E-state index in [1.165, 1.54) is 15.3 Å². The first-order valence-corrected chi connectivity index (χ1v) is 7.09. The molecule has 0 fully saturated rings. The Labute approximate surface area is 116 Å². The maximum atomic E-state index is 6.58. The zero-order valence-electron chi connectivity index (χ0n) is 10.1. The summed E-state index contributed by atoms with van der Waals surface area (Å²) in [4.78, 5) is 2.53. The number of benzene rings is 1. The second-order valence-corrected chi connectivity index (χ2v) is 6.43. The van der Waals surface area contributed by atoms with Gasteiger partial charge in [0.15, 0.2) is 0 Å². The zero-order chi connectivity index (χ0) is 12.6. The first-order chi connectivity index (χ1) is 7.99. The molecule has 0 aliphatic rings. The lowest BCUT2D eigenvalue weighted by Gasteiger charge is -2.12. The van der Waals surface area contributed by atoms with Crippen LogP contribution in [0.25, 0.3) is 0 Å². The van der Waals surface area contributed by atoms with Crippen molar-refractivity contribution in [2.75, 3.05) is 0 Å². The maximum Gasteiger partial charge on any atom is 0.0933 e. The van der Waals surface area contributed by atoms with Gasteiger partial charge in [-0.1, -0.05) is 17.7 Å². The Morgan fingerprint density at radius 2 is 1.76 bits per heavy atom. The molecular formula is C14H14Cl2S. The number of hydrogen-bond acceptors (Lipinski definition) is 1. The summed E-state index contributed by atoms with van der Waals surface area (Å²) in [7, 11) is 0. The number of thiophene rings is 1. The molecule has 90 valence electrons. The Balaban J connectivity index is 2.43. The topological polar surface area (TPSA) is 0 Å². The molecule has 0 N–H and O–H groups in total. The van der Waals surface area contributed by atoms with Gasteiger partial charge in [-0.15, -0.1) is 22.9 Å². The standard InChI is InChI=1S/C14H14Cl2S/c1-8-7-11(15)4-5-12(8)13(16)14-9(2)6-10(3)17-14/h4-7,13H,1-3H3. The zero-order valence-corrected chi connectivity index (χ0v) is 12.4. The van der Waals surface area contributed by atoms with Crippen LogP contribution in [0.1, 0.15) is 31.8 Å². The molecule has 1 heterocycles. The lowest BCUT2D eigenvalue weighted by atomic mass is 10.0. The fraction of sp³-hybridized carbons (Fsp3) is 0.286. The van der Waals surface area contributed by atoms with Crippen LogP contribution in [0, 0.1) is 20.8 Å². The van der Waals surface area contributed by atoms with E-state index in [0.29, 0.717) is 0 Å². The molecule has 1 aromatic carbocycles. The van der Waals surface area contributed by atoms with Crippen molar-refractivity contribution < 1.29 is 0 Å². The quantitative estimate of drug-likeness (QED) is 0.625. The van der Waals surface area contributed by atoms with Crippen molar-refractivity contribution in [3.63, 3.8) is 0 Å². The molecule has 0 aliphatic carbocycles. The molecule has 1 atom stereocenters. The predicted octanol–water partition coefficient (Wildman–Crippen LogP) is 5.65. The molecule has 1 unspecified atom stereocenters. The average Bonchev–Trinajstić information content (AvgIpc) is 2.57. The van der Waals surface area contributed by atoms with E-state index in [4.69, 9.17) is 23.2 Å². The molecule has 3 heteroatoms. The van der Waals surface area contributed by atoms with Crippen molar-refractivity contribution >= 4 is 34.5 Å². The largest absolute Gasteiger partial charge is 0.143 e. The van der Waals surface area contributed by atoms with E-state index in [1.54, 1.807) is 11.3 Å². The first kappa shape index (κ1) is 12.9. The molecule has 2 rings (SSSR count). The third-order valence-electron chi connectivity index (χ3n) is 2.81. The number of rotatable bonds is 2. The molecule has 0 nitrogen and oxygen atoms in total. The third kappa shape index (κ3) is 2.67. The van der Waals surface area contributed by atoms with Gasteiger partial charge in [-0.25, -0.2) is 0 Å². The summed E-state index contributed by atoms with van der Waals surface area (Å²) >= 11 is 14.3. The fourth-order valence-electron chi connectivity index (χ4n) is 1.98. The summed E-state index contributed by atoms with van der Waals surface area (Å²) in [6.07, 6.45) is 0. The lowest BCUT2D eigenvalue weighted by Crippen LogP contribution is -1.95. The fourth-order valence-corrected chi connectivity index (χ4v) is 3.79. The Morgan fingerprint density at radius 3 is 2.29 bits per heavy atom. The molecule has 1 aromatic heterocycles. The summed E-state index contributed by atoms with van der Waals surface area (Å²) in [6.45, 7) is 6.27. The van der Waals surface area contributed by atoms with Crippen LogP contribution >= 0.6 is 34.5 Å². The van der Waals surface area contributed by atoms with Crippen molar-refractivity contribution in [2.45, 2.75) is 26.1 Å². The van der Waals surface area contributed by atoms with E-state index in [9.17, 15) is 0 Å². The first-order valence-electron chi connectivity index (χ1n) is 5.46. The van der Waals surface area contributed by atoms with E-state index in [1.807, 2.05) is 25.1 Å². The smallest absolute Gasteiger partial charge is 0.0933 e. The molecule has 0 spiro atoms. The number of aryl methyl sites for hydroxylation is 3. The second-order valence-electron chi connectivity index (χ2n) is 4.27. The summed E-state index contributed by atoms with van der Waals surface area (Å²) in [5.74, 6) is 0. The predicted molar refractivity (Wildman–Crippen MR) is 77.7 cm³/mol. The summed E-state index contributed by atoms with van der Waals surface area (Å²) < 4.78 is 0. The van der Waals surface area contributed by atoms with Crippen molar-refractivity contribution in [1.29, 1.82) is 0 Å². The van der Waals surface area contributed by atoms with Crippen molar-refractivity contribution in [3.8, 4) is 0 Å². The highest BCUT2D eigenvalue weighted by atomic mass is 35.5. The molecule has 17 heavy (non-hydrogen) atoms. The van der Waals surface area contributed by atoms with Gasteiger partial charge in [-0.2, -0.15) is 0 Å². The monoisotopic (exact) mass is 284 g/mol. The lowest BCUT2D eigenvalue weighted by molar-refractivity contribution is 1.13. The highest BCUT2D eigenvalue weighted by Crippen LogP contribution is 2.38. The van der Waals surface area contributed by atoms with Gasteiger partial charge in [0, 0.05) is 14.8 Å². The van der Waals surface area contributed by atoms with Gasteiger partial charge in [0.25, 0.3) is 0 Å². The number of hydrogen-bond donors (Lipinski definition) is 0. The highest BCUT2D eigenvalue weighted by Gasteiger charge is 2.17. The molecule has 0 saturated heterocycles. The van der Waals surface area contributed by atoms with Crippen molar-refractivity contribution in [1.82, 2.24) is 0 Å². The van der Waals surface area contributed by atoms with E-state index in [2.05, 4.69) is 19.9 Å². The van der Waals surface area contributed by atoms with Crippen molar-refractivity contribution in [3.05, 3.63) is 55.7 Å². The maximum absolute atomic E-state index is 6.58. The van der Waals surface area contributed by atoms with Gasteiger partial charge in [-0.3, -0.25) is 0 Å². The second kappa shape index (κ2) is 5.01. The minimum absolute atomic E-state index is 0.0778. The molecule has 0 saturated carbocycles. The van der Waals surface area contributed by atoms with Crippen LogP contribution in [0.3, 0.4) is 0 Å². The minimum atomic E-state index is -0.0778. The van der Waals surface area contributed by atoms with Gasteiger partial charge in [0.2, 0.25) is 0 Å². The van der Waals surface area contributed by atoms with E-state index in [-0.39, 0.29) is 5.38 Å². The molecular weight excluding hydrogens is 271 g/mol. The molecule has 0 amide bonds. The Kier molecular flexibility index (Phi) is 3.82. The SMILES string of the molecule is Cc1cc(C)c(C(Cl)c2ccc(Cl)cc2C)s1. The van der Waals surface area contributed by atoms with Gasteiger partial charge in [0.05, 0.1) is 5.38 Å². The average molecular weight is 285 g/mol. The molecule has 0 bridgehead atoms. The Bertz CT molecular complexity index is 543. The molecule has 0 radical (unpaired) electrons. The van der Waals surface area contributed by atoms with Gasteiger partial charge < -0.3 is 0 Å². The highest BCUT2D eigenvalue weighted by molar-refractivity contribution is 7.12. The summed E-state index contributed by atoms with van der Waals surface area (Å²) in [5, 5.41) is 0.681. The normalized spacial score (nSPS) is 12.8. The van der Waals surface area contributed by atoms with E-state index < -0.39 is 0 Å². The van der Waals surface area contributed by atoms with Crippen LogP contribution in [0.5, 0.6) is 0 Å². The molecule has 0 aliphatic heterocycles. The summed E-state index contributed by atoms with van der Waals surface area (Å²) in [5.41, 5.74) is 3.55. The number of alkyl halides is 1. The minimum Gasteiger partial charge on any atom is -0.143 e. The van der Waals surface area contributed by atoms with Crippen LogP contribution in [0.15, 0.2) is 24.3 Å². The van der Waals surface area contributed by atoms with E-state index >= 15 is 0 Å². The third-order valence-corrected chi connectivity index (χ3v) is 4.85. The van der Waals surface area contributed by atoms with Gasteiger partial charge in [-0.05, 0) is 55.7 Å². The number of halogens is 2.